The van der Waals surface area contributed by atoms with Crippen molar-refractivity contribution in [1.82, 2.24) is 0 Å². The number of rotatable bonds is 4. The van der Waals surface area contributed by atoms with Crippen LogP contribution in [-0.4, -0.2) is 11.9 Å². The van der Waals surface area contributed by atoms with E-state index in [0.717, 1.165) is 24.3 Å². The Kier molecular flexibility index (Phi) is 5.26. The van der Waals surface area contributed by atoms with Gasteiger partial charge in [0.05, 0.1) is 11.1 Å². The van der Waals surface area contributed by atoms with Gasteiger partial charge in [0.2, 0.25) is 0 Å². The van der Waals surface area contributed by atoms with Crippen LogP contribution in [0.25, 0.3) is 0 Å². The zero-order valence-corrected chi connectivity index (χ0v) is 14.2. The lowest BCUT2D eigenvalue weighted by Crippen LogP contribution is -2.13. The second-order valence-electron chi connectivity index (χ2n) is 5.69. The van der Waals surface area contributed by atoms with Crippen molar-refractivity contribution >= 4 is 11.9 Å². The Morgan fingerprint density at radius 3 is 1.70 bits per heavy atom. The van der Waals surface area contributed by atoms with Gasteiger partial charge in [-0.05, 0) is 67.1 Å². The topological polar surface area (TPSA) is 52.6 Å². The molecule has 136 valence electrons. The van der Waals surface area contributed by atoms with Crippen LogP contribution in [-0.2, 0) is 0 Å². The third-order valence-corrected chi connectivity index (χ3v) is 3.73. The fraction of sp³-hybridized carbons (Fsp3) is 0.0476. The van der Waals surface area contributed by atoms with Crippen LogP contribution in [0.15, 0.2) is 66.7 Å². The van der Waals surface area contributed by atoms with Crippen LogP contribution in [0.5, 0.6) is 11.5 Å². The standard InChI is InChI=1S/C21H14F2O4/c1-13-3-2-4-18(26-20(24)14-5-9-16(22)10-6-14)19(13)27-21(25)15-7-11-17(23)12-8-15/h2-12H,1H3. The first-order valence-corrected chi connectivity index (χ1v) is 7.99. The van der Waals surface area contributed by atoms with Gasteiger partial charge in [-0.1, -0.05) is 12.1 Å². The van der Waals surface area contributed by atoms with Gasteiger partial charge in [-0.2, -0.15) is 0 Å². The zero-order valence-electron chi connectivity index (χ0n) is 14.2. The van der Waals surface area contributed by atoms with Crippen LogP contribution < -0.4 is 9.47 Å². The van der Waals surface area contributed by atoms with Gasteiger partial charge < -0.3 is 9.47 Å². The van der Waals surface area contributed by atoms with E-state index in [4.69, 9.17) is 9.47 Å². The van der Waals surface area contributed by atoms with Gasteiger partial charge in [-0.3, -0.25) is 0 Å². The van der Waals surface area contributed by atoms with Gasteiger partial charge in [0, 0.05) is 0 Å². The smallest absolute Gasteiger partial charge is 0.343 e. The van der Waals surface area contributed by atoms with E-state index in [-0.39, 0.29) is 22.6 Å². The third-order valence-electron chi connectivity index (χ3n) is 3.73. The second-order valence-corrected chi connectivity index (χ2v) is 5.69. The van der Waals surface area contributed by atoms with Crippen molar-refractivity contribution in [2.24, 2.45) is 0 Å². The quantitative estimate of drug-likeness (QED) is 0.494. The first-order chi connectivity index (χ1) is 12.9. The summed E-state index contributed by atoms with van der Waals surface area (Å²) < 4.78 is 36.7. The molecule has 6 heteroatoms. The number of esters is 2. The van der Waals surface area contributed by atoms with Crippen molar-refractivity contribution in [3.05, 3.63) is 95.1 Å². The van der Waals surface area contributed by atoms with Crippen LogP contribution in [0.3, 0.4) is 0 Å². The average Bonchev–Trinajstić information content (AvgIpc) is 2.65. The van der Waals surface area contributed by atoms with Crippen LogP contribution in [0.1, 0.15) is 26.3 Å². The van der Waals surface area contributed by atoms with Gasteiger partial charge in [-0.25, -0.2) is 18.4 Å². The molecule has 0 saturated heterocycles. The van der Waals surface area contributed by atoms with Gasteiger partial charge in [0.15, 0.2) is 11.5 Å². The van der Waals surface area contributed by atoms with E-state index in [1.54, 1.807) is 19.1 Å². The van der Waals surface area contributed by atoms with Crippen molar-refractivity contribution in [3.8, 4) is 11.5 Å². The predicted octanol–water partition coefficient (Wildman–Crippen LogP) is 4.71. The number of hydrogen-bond acceptors (Lipinski definition) is 4. The molecule has 0 saturated carbocycles. The van der Waals surface area contributed by atoms with E-state index in [2.05, 4.69) is 0 Å². The van der Waals surface area contributed by atoms with E-state index in [1.807, 2.05) is 0 Å². The molecule has 3 aromatic carbocycles. The number of hydrogen-bond donors (Lipinski definition) is 0. The summed E-state index contributed by atoms with van der Waals surface area (Å²) in [4.78, 5) is 24.6. The van der Waals surface area contributed by atoms with Gasteiger partial charge >= 0.3 is 11.9 Å². The molecule has 0 atom stereocenters. The average molecular weight is 368 g/mol. The highest BCUT2D eigenvalue weighted by atomic mass is 19.1. The van der Waals surface area contributed by atoms with Gasteiger partial charge in [0.25, 0.3) is 0 Å². The maximum atomic E-state index is 13.0. The van der Waals surface area contributed by atoms with Crippen LogP contribution in [0, 0.1) is 18.6 Å². The fourth-order valence-corrected chi connectivity index (χ4v) is 2.32. The van der Waals surface area contributed by atoms with Crippen LogP contribution in [0.4, 0.5) is 8.78 Å². The molecule has 4 nitrogen and oxygen atoms in total. The highest BCUT2D eigenvalue weighted by molar-refractivity contribution is 5.93. The third kappa shape index (κ3) is 4.36. The minimum absolute atomic E-state index is 0.0415. The van der Waals surface area contributed by atoms with Crippen molar-refractivity contribution in [1.29, 1.82) is 0 Å². The molecule has 0 aliphatic rings. The van der Waals surface area contributed by atoms with E-state index < -0.39 is 23.6 Å². The minimum atomic E-state index is -0.723. The maximum Gasteiger partial charge on any atom is 0.343 e. The van der Waals surface area contributed by atoms with Crippen LogP contribution >= 0.6 is 0 Å². The number of halogens is 2. The van der Waals surface area contributed by atoms with Crippen molar-refractivity contribution in [3.63, 3.8) is 0 Å². The summed E-state index contributed by atoms with van der Waals surface area (Å²) in [6, 6.07) is 14.5. The molecule has 0 N–H and O–H groups in total. The van der Waals surface area contributed by atoms with Crippen molar-refractivity contribution in [2.75, 3.05) is 0 Å². The summed E-state index contributed by atoms with van der Waals surface area (Å²) in [6.45, 7) is 1.68. The summed E-state index contributed by atoms with van der Waals surface area (Å²) in [5.41, 5.74) is 0.860. The molecule has 0 radical (unpaired) electrons. The Hall–Kier alpha value is -3.54. The normalized spacial score (nSPS) is 10.3. The molecule has 0 bridgehead atoms. The Labute approximate surface area is 154 Å². The van der Waals surface area contributed by atoms with Crippen LogP contribution in [0.2, 0.25) is 0 Å². The SMILES string of the molecule is Cc1cccc(OC(=O)c2ccc(F)cc2)c1OC(=O)c1ccc(F)cc1. The lowest BCUT2D eigenvalue weighted by atomic mass is 10.2. The Morgan fingerprint density at radius 2 is 1.19 bits per heavy atom. The maximum absolute atomic E-state index is 13.0. The lowest BCUT2D eigenvalue weighted by Gasteiger charge is -2.13. The molecule has 0 fully saturated rings. The molecule has 0 unspecified atom stereocenters. The highest BCUT2D eigenvalue weighted by Gasteiger charge is 2.18. The molecule has 3 rings (SSSR count). The predicted molar refractivity (Wildman–Crippen MR) is 93.9 cm³/mol. The summed E-state index contributed by atoms with van der Waals surface area (Å²) in [5.74, 6) is -2.28. The summed E-state index contributed by atoms with van der Waals surface area (Å²) in [7, 11) is 0. The molecule has 0 aliphatic heterocycles. The molecule has 0 aliphatic carbocycles. The minimum Gasteiger partial charge on any atom is -0.419 e. The van der Waals surface area contributed by atoms with E-state index in [1.165, 1.54) is 30.3 Å². The largest absolute Gasteiger partial charge is 0.419 e. The highest BCUT2D eigenvalue weighted by Crippen LogP contribution is 2.32. The number of ether oxygens (including phenoxy) is 2. The van der Waals surface area contributed by atoms with Gasteiger partial charge in [-0.15, -0.1) is 0 Å². The lowest BCUT2D eigenvalue weighted by molar-refractivity contribution is 0.0681. The van der Waals surface area contributed by atoms with Gasteiger partial charge in [0.1, 0.15) is 11.6 Å². The summed E-state index contributed by atoms with van der Waals surface area (Å²) >= 11 is 0. The number of benzene rings is 3. The molecule has 27 heavy (non-hydrogen) atoms. The molecule has 0 amide bonds. The van der Waals surface area contributed by atoms with E-state index >= 15 is 0 Å². The second kappa shape index (κ2) is 7.78. The molecule has 0 heterocycles. The van der Waals surface area contributed by atoms with Crippen molar-refractivity contribution < 1.29 is 27.8 Å². The number of carbonyl (C=O) groups excluding carboxylic acids is 2. The zero-order chi connectivity index (χ0) is 19.4. The van der Waals surface area contributed by atoms with Crippen molar-refractivity contribution in [2.45, 2.75) is 6.92 Å². The number of para-hydroxylation sites is 1. The number of aryl methyl sites for hydroxylation is 1. The fourth-order valence-electron chi connectivity index (χ4n) is 2.32. The molecule has 3 aromatic rings. The van der Waals surface area contributed by atoms with E-state index in [0.29, 0.717) is 5.56 Å². The molecule has 0 aromatic heterocycles. The Morgan fingerprint density at radius 1 is 0.704 bits per heavy atom. The summed E-state index contributed by atoms with van der Waals surface area (Å²) in [6.07, 6.45) is 0. The Balaban J connectivity index is 1.83. The monoisotopic (exact) mass is 368 g/mol. The Bertz CT molecular complexity index is 980. The summed E-state index contributed by atoms with van der Waals surface area (Å²) in [5, 5.41) is 0. The first kappa shape index (κ1) is 18.3. The van der Waals surface area contributed by atoms with E-state index in [9.17, 15) is 18.4 Å². The number of carbonyl (C=O) groups is 2. The molecular weight excluding hydrogens is 354 g/mol. The first-order valence-electron chi connectivity index (χ1n) is 7.99. The molecular formula is C21H14F2O4. The molecule has 0 spiro atoms.